The molecule has 0 unspecified atom stereocenters. The minimum absolute atomic E-state index is 0.310. The van der Waals surface area contributed by atoms with E-state index >= 15 is 0 Å². The number of carbonyl (C=O) groups is 1. The van der Waals surface area contributed by atoms with Crippen molar-refractivity contribution >= 4 is 5.91 Å². The minimum Gasteiger partial charge on any atom is -0.346 e. The molecule has 0 aliphatic rings. The molecule has 0 saturated heterocycles. The molecule has 0 heterocycles. The fourth-order valence-corrected chi connectivity index (χ4v) is 1.81. The lowest BCUT2D eigenvalue weighted by molar-refractivity contribution is -0.130. The number of carbonyl (C=O) groups excluding carboxylic acids is 1. The fraction of sp³-hybridized carbons (Fsp3) is 0.800. The third-order valence-electron chi connectivity index (χ3n) is 3.07. The van der Waals surface area contributed by atoms with Crippen LogP contribution in [0.3, 0.4) is 0 Å². The van der Waals surface area contributed by atoms with Crippen molar-refractivity contribution in [3.05, 3.63) is 12.7 Å². The molecule has 0 fully saturated rings. The van der Waals surface area contributed by atoms with Gasteiger partial charge in [-0.1, -0.05) is 38.7 Å². The van der Waals surface area contributed by atoms with Gasteiger partial charge < -0.3 is 4.90 Å². The van der Waals surface area contributed by atoms with E-state index in [1.54, 1.807) is 0 Å². The van der Waals surface area contributed by atoms with Crippen molar-refractivity contribution in [1.82, 2.24) is 4.90 Å². The van der Waals surface area contributed by atoms with Crippen LogP contribution < -0.4 is 0 Å². The van der Waals surface area contributed by atoms with Crippen molar-refractivity contribution in [2.75, 3.05) is 13.6 Å². The quantitative estimate of drug-likeness (QED) is 0.391. The lowest BCUT2D eigenvalue weighted by Gasteiger charge is -2.16. The molecule has 1 amide bonds. The molecule has 0 bridgehead atoms. The summed E-state index contributed by atoms with van der Waals surface area (Å²) in [5, 5.41) is 0. The van der Waals surface area contributed by atoms with Crippen LogP contribution in [0.25, 0.3) is 0 Å². The Bertz CT molecular complexity index is 201. The fourth-order valence-electron chi connectivity index (χ4n) is 1.81. The molecule has 0 aromatic rings. The topological polar surface area (TPSA) is 20.3 Å². The molecule has 2 heteroatoms. The highest BCUT2D eigenvalue weighted by Gasteiger charge is 2.06. The Balaban J connectivity index is 3.34. The third kappa shape index (κ3) is 10.1. The Hall–Kier alpha value is -0.790. The van der Waals surface area contributed by atoms with E-state index in [4.69, 9.17) is 0 Å². The van der Waals surface area contributed by atoms with E-state index in [0.29, 0.717) is 5.91 Å². The molecular formula is C15H29NO. The van der Waals surface area contributed by atoms with E-state index < -0.39 is 0 Å². The first-order valence-corrected chi connectivity index (χ1v) is 7.07. The van der Waals surface area contributed by atoms with Gasteiger partial charge in [-0.25, -0.2) is 0 Å². The molecule has 0 spiro atoms. The van der Waals surface area contributed by atoms with Crippen molar-refractivity contribution < 1.29 is 4.79 Å². The summed E-state index contributed by atoms with van der Waals surface area (Å²) < 4.78 is 0. The molecule has 0 rings (SSSR count). The van der Waals surface area contributed by atoms with Crippen molar-refractivity contribution in [1.29, 1.82) is 0 Å². The predicted molar refractivity (Wildman–Crippen MR) is 75.1 cm³/mol. The molecule has 0 saturated carbocycles. The summed E-state index contributed by atoms with van der Waals surface area (Å²) in [7, 11) is 1.92. The standard InChI is InChI=1S/C15H29NO/c1-4-6-8-9-10-11-12-13-15(17)16(3)14-7-5-2/h4H,1,5-14H2,2-3H3. The number of amides is 1. The molecule has 100 valence electrons. The molecule has 0 aromatic carbocycles. The molecule has 0 aliphatic heterocycles. The first kappa shape index (κ1) is 16.2. The van der Waals surface area contributed by atoms with Crippen LogP contribution >= 0.6 is 0 Å². The van der Waals surface area contributed by atoms with Crippen molar-refractivity contribution in [3.63, 3.8) is 0 Å². The highest BCUT2D eigenvalue weighted by molar-refractivity contribution is 5.75. The zero-order valence-electron chi connectivity index (χ0n) is 11.7. The average molecular weight is 239 g/mol. The Labute approximate surface area is 107 Å². The summed E-state index contributed by atoms with van der Waals surface area (Å²) in [5.41, 5.74) is 0. The summed E-state index contributed by atoms with van der Waals surface area (Å²) in [6.45, 7) is 6.78. The van der Waals surface area contributed by atoms with Crippen molar-refractivity contribution in [3.8, 4) is 0 Å². The van der Waals surface area contributed by atoms with Gasteiger partial charge in [0.15, 0.2) is 0 Å². The van der Waals surface area contributed by atoms with Crippen LogP contribution in [0.4, 0.5) is 0 Å². The van der Waals surface area contributed by atoms with Gasteiger partial charge in [-0.05, 0) is 25.7 Å². The molecule has 0 N–H and O–H groups in total. The average Bonchev–Trinajstić information content (AvgIpc) is 2.34. The van der Waals surface area contributed by atoms with E-state index in [2.05, 4.69) is 13.5 Å². The van der Waals surface area contributed by atoms with Crippen LogP contribution in [-0.4, -0.2) is 24.4 Å². The van der Waals surface area contributed by atoms with Gasteiger partial charge in [0.25, 0.3) is 0 Å². The number of rotatable bonds is 11. The normalized spacial score (nSPS) is 10.2. The van der Waals surface area contributed by atoms with Gasteiger partial charge in [-0.15, -0.1) is 6.58 Å². The molecular weight excluding hydrogens is 210 g/mol. The first-order chi connectivity index (χ1) is 8.22. The summed E-state index contributed by atoms with van der Waals surface area (Å²) in [6.07, 6.45) is 12.1. The van der Waals surface area contributed by atoms with E-state index in [0.717, 1.165) is 38.6 Å². The predicted octanol–water partition coefficient (Wildman–Crippen LogP) is 4.16. The number of nitrogens with zero attached hydrogens (tertiary/aromatic N) is 1. The highest BCUT2D eigenvalue weighted by atomic mass is 16.2. The molecule has 0 aliphatic carbocycles. The van der Waals surface area contributed by atoms with Crippen LogP contribution in [0.2, 0.25) is 0 Å². The Morgan fingerprint density at radius 1 is 1.12 bits per heavy atom. The smallest absolute Gasteiger partial charge is 0.222 e. The van der Waals surface area contributed by atoms with Gasteiger partial charge in [-0.2, -0.15) is 0 Å². The molecule has 0 radical (unpaired) electrons. The van der Waals surface area contributed by atoms with Crippen LogP contribution in [0.15, 0.2) is 12.7 Å². The SMILES string of the molecule is C=CCCCCCCCC(=O)N(C)CCCC. The van der Waals surface area contributed by atoms with Gasteiger partial charge in [0, 0.05) is 20.0 Å². The Morgan fingerprint density at radius 2 is 1.76 bits per heavy atom. The number of hydrogen-bond acceptors (Lipinski definition) is 1. The van der Waals surface area contributed by atoms with Crippen LogP contribution in [0.1, 0.15) is 64.7 Å². The van der Waals surface area contributed by atoms with Gasteiger partial charge in [0.2, 0.25) is 5.91 Å². The zero-order chi connectivity index (χ0) is 12.9. The summed E-state index contributed by atoms with van der Waals surface area (Å²) in [4.78, 5) is 13.6. The summed E-state index contributed by atoms with van der Waals surface area (Å²) >= 11 is 0. The van der Waals surface area contributed by atoms with Crippen LogP contribution in [0, 0.1) is 0 Å². The van der Waals surface area contributed by atoms with E-state index in [-0.39, 0.29) is 0 Å². The molecule has 2 nitrogen and oxygen atoms in total. The summed E-state index contributed by atoms with van der Waals surface area (Å²) in [5.74, 6) is 0.310. The van der Waals surface area contributed by atoms with Crippen molar-refractivity contribution in [2.45, 2.75) is 64.7 Å². The van der Waals surface area contributed by atoms with E-state index in [9.17, 15) is 4.79 Å². The Morgan fingerprint density at radius 3 is 2.41 bits per heavy atom. The largest absolute Gasteiger partial charge is 0.346 e. The first-order valence-electron chi connectivity index (χ1n) is 7.07. The minimum atomic E-state index is 0.310. The van der Waals surface area contributed by atoms with Crippen molar-refractivity contribution in [2.24, 2.45) is 0 Å². The second-order valence-corrected chi connectivity index (χ2v) is 4.76. The maximum absolute atomic E-state index is 11.7. The Kier molecular flexibility index (Phi) is 11.1. The number of unbranched alkanes of at least 4 members (excludes halogenated alkanes) is 6. The van der Waals surface area contributed by atoms with Crippen LogP contribution in [-0.2, 0) is 4.79 Å². The molecule has 17 heavy (non-hydrogen) atoms. The number of hydrogen-bond donors (Lipinski definition) is 0. The van der Waals surface area contributed by atoms with Gasteiger partial charge in [0.1, 0.15) is 0 Å². The van der Waals surface area contributed by atoms with Gasteiger partial charge in [-0.3, -0.25) is 4.79 Å². The van der Waals surface area contributed by atoms with Gasteiger partial charge >= 0.3 is 0 Å². The lowest BCUT2D eigenvalue weighted by Crippen LogP contribution is -2.27. The third-order valence-corrected chi connectivity index (χ3v) is 3.07. The maximum Gasteiger partial charge on any atom is 0.222 e. The van der Waals surface area contributed by atoms with Crippen LogP contribution in [0.5, 0.6) is 0 Å². The zero-order valence-corrected chi connectivity index (χ0v) is 11.7. The monoisotopic (exact) mass is 239 g/mol. The second kappa shape index (κ2) is 11.7. The maximum atomic E-state index is 11.7. The summed E-state index contributed by atoms with van der Waals surface area (Å²) in [6, 6.07) is 0. The van der Waals surface area contributed by atoms with E-state index in [1.165, 1.54) is 25.7 Å². The van der Waals surface area contributed by atoms with Gasteiger partial charge in [0.05, 0.1) is 0 Å². The molecule has 0 aromatic heterocycles. The lowest BCUT2D eigenvalue weighted by atomic mass is 10.1. The second-order valence-electron chi connectivity index (χ2n) is 4.76. The van der Waals surface area contributed by atoms with E-state index in [1.807, 2.05) is 18.0 Å². The molecule has 0 atom stereocenters. The number of allylic oxidation sites excluding steroid dienone is 1. The highest BCUT2D eigenvalue weighted by Crippen LogP contribution is 2.08.